The van der Waals surface area contributed by atoms with Crippen molar-refractivity contribution in [3.8, 4) is 0 Å². The second-order valence-electron chi connectivity index (χ2n) is 3.67. The number of piperidine rings is 3. The molecule has 2 bridgehead atoms. The second kappa shape index (κ2) is 3.33. The molecule has 0 aromatic rings. The molecule has 3 fully saturated rings. The third-order valence-electron chi connectivity index (χ3n) is 2.74. The number of guanidine groups is 1. The van der Waals surface area contributed by atoms with Crippen molar-refractivity contribution in [3.63, 3.8) is 0 Å². The number of hydrogen-bond donors (Lipinski definition) is 2. The first-order valence-electron chi connectivity index (χ1n) is 4.63. The Hall–Kier alpha value is -1.10. The molecule has 0 spiro atoms. The number of nitrogens with zero attached hydrogens (tertiary/aromatic N) is 3. The van der Waals surface area contributed by atoms with Crippen LogP contribution < -0.4 is 11.5 Å². The van der Waals surface area contributed by atoms with E-state index < -0.39 is 0 Å². The summed E-state index contributed by atoms with van der Waals surface area (Å²) in [7, 11) is 0. The molecule has 13 heavy (non-hydrogen) atoms. The van der Waals surface area contributed by atoms with Crippen LogP contribution in [0.1, 0.15) is 12.8 Å². The summed E-state index contributed by atoms with van der Waals surface area (Å²) < 4.78 is 0. The van der Waals surface area contributed by atoms with E-state index in [9.17, 15) is 0 Å². The summed E-state index contributed by atoms with van der Waals surface area (Å²) in [6.45, 7) is 3.35. The topological polar surface area (TPSA) is 80.0 Å². The lowest BCUT2D eigenvalue weighted by atomic mass is 9.87. The van der Waals surface area contributed by atoms with Crippen molar-refractivity contribution in [2.75, 3.05) is 19.6 Å². The molecule has 0 atom stereocenters. The van der Waals surface area contributed by atoms with Crippen LogP contribution in [0.25, 0.3) is 0 Å². The smallest absolute Gasteiger partial charge is 0.211 e. The molecule has 5 heteroatoms. The van der Waals surface area contributed by atoms with Gasteiger partial charge in [0.1, 0.15) is 0 Å². The Kier molecular flexibility index (Phi) is 2.18. The predicted molar refractivity (Wildman–Crippen MR) is 52.4 cm³/mol. The monoisotopic (exact) mass is 181 g/mol. The number of fused-ring (bicyclic) bond motifs is 3. The lowest BCUT2D eigenvalue weighted by Gasteiger charge is -2.39. The van der Waals surface area contributed by atoms with Gasteiger partial charge in [-0.05, 0) is 25.9 Å². The van der Waals surface area contributed by atoms with Crippen molar-refractivity contribution < 1.29 is 0 Å². The van der Waals surface area contributed by atoms with Gasteiger partial charge in [-0.15, -0.1) is 5.10 Å². The lowest BCUT2D eigenvalue weighted by molar-refractivity contribution is 0.200. The van der Waals surface area contributed by atoms with Gasteiger partial charge in [0.25, 0.3) is 0 Å². The maximum Gasteiger partial charge on any atom is 0.211 e. The minimum atomic E-state index is 0.0453. The molecule has 5 nitrogen and oxygen atoms in total. The van der Waals surface area contributed by atoms with Gasteiger partial charge in [0, 0.05) is 12.5 Å². The molecule has 0 saturated carbocycles. The fourth-order valence-electron chi connectivity index (χ4n) is 2.02. The largest absolute Gasteiger partial charge is 0.369 e. The molecule has 0 aromatic heterocycles. The van der Waals surface area contributed by atoms with Crippen LogP contribution in [0, 0.1) is 5.92 Å². The van der Waals surface area contributed by atoms with E-state index in [4.69, 9.17) is 11.5 Å². The van der Waals surface area contributed by atoms with Crippen molar-refractivity contribution in [1.82, 2.24) is 4.90 Å². The van der Waals surface area contributed by atoms with Crippen LogP contribution in [0.5, 0.6) is 0 Å². The van der Waals surface area contributed by atoms with Crippen molar-refractivity contribution in [2.45, 2.75) is 12.8 Å². The van der Waals surface area contributed by atoms with E-state index in [0.29, 0.717) is 5.92 Å². The van der Waals surface area contributed by atoms with Gasteiger partial charge in [0.2, 0.25) is 5.96 Å². The first kappa shape index (κ1) is 8.50. The maximum absolute atomic E-state index is 5.21. The zero-order valence-corrected chi connectivity index (χ0v) is 7.61. The van der Waals surface area contributed by atoms with Crippen LogP contribution in [0.3, 0.4) is 0 Å². The van der Waals surface area contributed by atoms with Crippen molar-refractivity contribution in [3.05, 3.63) is 0 Å². The van der Waals surface area contributed by atoms with E-state index in [1.165, 1.54) is 25.9 Å². The zero-order chi connectivity index (χ0) is 9.26. The Balaban J connectivity index is 2.08. The van der Waals surface area contributed by atoms with Gasteiger partial charge in [-0.1, -0.05) is 0 Å². The van der Waals surface area contributed by atoms with Gasteiger partial charge in [-0.25, -0.2) is 0 Å². The van der Waals surface area contributed by atoms with Gasteiger partial charge in [0.05, 0.1) is 5.71 Å². The molecule has 72 valence electrons. The van der Waals surface area contributed by atoms with Gasteiger partial charge in [-0.3, -0.25) is 4.90 Å². The minimum Gasteiger partial charge on any atom is -0.369 e. The molecular weight excluding hydrogens is 166 g/mol. The Morgan fingerprint density at radius 2 is 2.00 bits per heavy atom. The Morgan fingerprint density at radius 1 is 1.31 bits per heavy atom. The standard InChI is InChI=1S/C8H15N5/c9-8(10)12-11-7-5-13-3-1-6(7)2-4-13/h6H,1-5H2,(H4,9,10,12). The highest BCUT2D eigenvalue weighted by atomic mass is 15.3. The molecule has 0 amide bonds. The van der Waals surface area contributed by atoms with Gasteiger partial charge >= 0.3 is 0 Å². The van der Waals surface area contributed by atoms with Crippen LogP contribution in [-0.4, -0.2) is 36.2 Å². The summed E-state index contributed by atoms with van der Waals surface area (Å²) >= 11 is 0. The Bertz CT molecular complexity index is 245. The van der Waals surface area contributed by atoms with Crippen molar-refractivity contribution in [2.24, 2.45) is 27.6 Å². The Labute approximate surface area is 77.5 Å². The molecule has 4 N–H and O–H groups in total. The molecule has 3 saturated heterocycles. The van der Waals surface area contributed by atoms with E-state index in [0.717, 1.165) is 12.3 Å². The third kappa shape index (κ3) is 1.80. The summed E-state index contributed by atoms with van der Waals surface area (Å²) in [4.78, 5) is 2.39. The van der Waals surface area contributed by atoms with Crippen LogP contribution in [0.2, 0.25) is 0 Å². The number of rotatable bonds is 1. The second-order valence-corrected chi connectivity index (χ2v) is 3.67. The summed E-state index contributed by atoms with van der Waals surface area (Å²) in [5, 5.41) is 7.78. The molecular formula is C8H15N5. The van der Waals surface area contributed by atoms with Crippen molar-refractivity contribution in [1.29, 1.82) is 0 Å². The number of nitrogens with two attached hydrogens (primary N) is 2. The maximum atomic E-state index is 5.21. The highest BCUT2D eigenvalue weighted by Crippen LogP contribution is 2.25. The van der Waals surface area contributed by atoms with Gasteiger partial charge < -0.3 is 11.5 Å². The van der Waals surface area contributed by atoms with Gasteiger partial charge in [0.15, 0.2) is 0 Å². The molecule has 3 rings (SSSR count). The molecule has 0 radical (unpaired) electrons. The summed E-state index contributed by atoms with van der Waals surface area (Å²) in [6, 6.07) is 0. The SMILES string of the molecule is NC(N)=NN=C1CN2CCC1CC2. The van der Waals surface area contributed by atoms with Crippen LogP contribution in [0.4, 0.5) is 0 Å². The summed E-state index contributed by atoms with van der Waals surface area (Å²) in [6.07, 6.45) is 2.41. The van der Waals surface area contributed by atoms with Gasteiger partial charge in [-0.2, -0.15) is 5.10 Å². The molecule has 3 aliphatic rings. The minimum absolute atomic E-state index is 0.0453. The van der Waals surface area contributed by atoms with Crippen LogP contribution in [0.15, 0.2) is 10.2 Å². The van der Waals surface area contributed by atoms with E-state index in [1.54, 1.807) is 0 Å². The zero-order valence-electron chi connectivity index (χ0n) is 7.61. The summed E-state index contributed by atoms with van der Waals surface area (Å²) in [5.41, 5.74) is 11.6. The summed E-state index contributed by atoms with van der Waals surface area (Å²) in [5.74, 6) is 0.664. The Morgan fingerprint density at radius 3 is 2.46 bits per heavy atom. The van der Waals surface area contributed by atoms with E-state index >= 15 is 0 Å². The quantitative estimate of drug-likeness (QED) is 0.320. The lowest BCUT2D eigenvalue weighted by Crippen LogP contribution is -2.47. The fraction of sp³-hybridized carbons (Fsp3) is 0.750. The predicted octanol–water partition coefficient (Wildman–Crippen LogP) is -0.659. The average molecular weight is 181 g/mol. The third-order valence-corrected chi connectivity index (χ3v) is 2.74. The first-order valence-corrected chi connectivity index (χ1v) is 4.63. The molecule has 0 aromatic carbocycles. The van der Waals surface area contributed by atoms with Crippen LogP contribution >= 0.6 is 0 Å². The normalized spacial score (nSPS) is 34.9. The van der Waals surface area contributed by atoms with E-state index in [2.05, 4.69) is 15.1 Å². The fourth-order valence-corrected chi connectivity index (χ4v) is 2.02. The van der Waals surface area contributed by atoms with E-state index in [-0.39, 0.29) is 5.96 Å². The highest BCUT2D eigenvalue weighted by Gasteiger charge is 2.30. The van der Waals surface area contributed by atoms with E-state index in [1.807, 2.05) is 0 Å². The molecule has 0 aliphatic carbocycles. The van der Waals surface area contributed by atoms with Crippen LogP contribution in [-0.2, 0) is 0 Å². The molecule has 3 heterocycles. The average Bonchev–Trinajstić information content (AvgIpc) is 2.17. The molecule has 3 aliphatic heterocycles. The highest BCUT2D eigenvalue weighted by molar-refractivity contribution is 5.90. The van der Waals surface area contributed by atoms with Crippen molar-refractivity contribution >= 4 is 11.7 Å². The molecule has 0 unspecified atom stereocenters. The number of hydrogen-bond acceptors (Lipinski definition) is 3. The first-order chi connectivity index (χ1) is 6.25.